The summed E-state index contributed by atoms with van der Waals surface area (Å²) in [4.78, 5) is 18.1. The van der Waals surface area contributed by atoms with Crippen LogP contribution in [0.2, 0.25) is 20.1 Å². The smallest absolute Gasteiger partial charge is 0.234 e. The number of methoxy groups -OCH3 is 1. The number of aromatic amines is 1. The molecule has 0 radical (unpaired) electrons. The van der Waals surface area contributed by atoms with E-state index in [0.29, 0.717) is 16.4 Å². The van der Waals surface area contributed by atoms with E-state index in [1.54, 1.807) is 13.8 Å². The molecule has 0 bridgehead atoms. The summed E-state index contributed by atoms with van der Waals surface area (Å²) < 4.78 is 1.53. The molecule has 0 saturated carbocycles. The number of alkyl halides is 6. The number of aromatic nitrogens is 2. The molecule has 2 heterocycles. The number of pyridine rings is 2. The summed E-state index contributed by atoms with van der Waals surface area (Å²) >= 11 is 57.1. The van der Waals surface area contributed by atoms with Crippen LogP contribution in [0.5, 0.6) is 5.75 Å². The third-order valence-corrected chi connectivity index (χ3v) is 5.94. The fourth-order valence-corrected chi connectivity index (χ4v) is 4.09. The Hall–Kier alpha value is 0.800. The third kappa shape index (κ3) is 6.89. The van der Waals surface area contributed by atoms with E-state index in [2.05, 4.69) is 9.97 Å². The van der Waals surface area contributed by atoms with Gasteiger partial charge in [0, 0.05) is 5.69 Å². The van der Waals surface area contributed by atoms with Crippen LogP contribution >= 0.6 is 116 Å². The molecule has 1 N–H and O–H groups in total. The number of nitrogens with zero attached hydrogens (tertiary/aromatic N) is 1. The van der Waals surface area contributed by atoms with Crippen LogP contribution in [0.15, 0.2) is 4.79 Å². The lowest BCUT2D eigenvalue weighted by atomic mass is 10.3. The molecule has 2 aromatic heterocycles. The van der Waals surface area contributed by atoms with Gasteiger partial charge in [0.05, 0.1) is 18.5 Å². The Morgan fingerprint density at radius 1 is 0.828 bits per heavy atom. The molecule has 0 atom stereocenters. The average Bonchev–Trinajstić information content (AvgIpc) is 2.58. The predicted octanol–water partition coefficient (Wildman–Crippen LogP) is 8.35. The van der Waals surface area contributed by atoms with E-state index < -0.39 is 13.0 Å². The molecule has 0 aliphatic heterocycles. The van der Waals surface area contributed by atoms with Gasteiger partial charge in [-0.3, -0.25) is 9.78 Å². The zero-order valence-corrected chi connectivity index (χ0v) is 22.1. The van der Waals surface area contributed by atoms with E-state index in [-0.39, 0.29) is 32.2 Å². The first-order valence-corrected chi connectivity index (χ1v) is 10.9. The normalized spacial score (nSPS) is 11.8. The largest absolute Gasteiger partial charge is 0.493 e. The Bertz CT molecular complexity index is 964. The van der Waals surface area contributed by atoms with E-state index in [1.807, 2.05) is 0 Å². The maximum atomic E-state index is 11.4. The minimum Gasteiger partial charge on any atom is -0.493 e. The van der Waals surface area contributed by atoms with Crippen LogP contribution < -0.4 is 10.2 Å². The second-order valence-electron chi connectivity index (χ2n) is 5.28. The fraction of sp³-hybridized carbons (Fsp3) is 0.333. The summed E-state index contributed by atoms with van der Waals surface area (Å²) in [6, 6.07) is 0. The first-order chi connectivity index (χ1) is 13.0. The number of rotatable bonds is 1. The molecule has 162 valence electrons. The average molecular weight is 605 g/mol. The minimum absolute atomic E-state index is 0.00648. The molecule has 0 aromatic carbocycles. The van der Waals surface area contributed by atoms with Crippen molar-refractivity contribution < 1.29 is 4.74 Å². The molecule has 0 aliphatic carbocycles. The molecule has 0 unspecified atom stereocenters. The van der Waals surface area contributed by atoms with E-state index in [0.717, 1.165) is 0 Å². The molecule has 14 heteroatoms. The number of H-pyrrole nitrogens is 1. The Labute approximate surface area is 216 Å². The van der Waals surface area contributed by atoms with Gasteiger partial charge in [-0.05, 0) is 13.8 Å². The van der Waals surface area contributed by atoms with E-state index in [9.17, 15) is 4.79 Å². The van der Waals surface area contributed by atoms with Crippen LogP contribution in [0, 0.1) is 13.8 Å². The van der Waals surface area contributed by atoms with Crippen molar-refractivity contribution in [2.24, 2.45) is 0 Å². The van der Waals surface area contributed by atoms with Crippen molar-refractivity contribution in [1.29, 1.82) is 0 Å². The highest BCUT2D eigenvalue weighted by atomic mass is 35.6. The number of hydrogen-bond acceptors (Lipinski definition) is 3. The summed E-state index contributed by atoms with van der Waals surface area (Å²) in [5.41, 5.74) is 0.469. The van der Waals surface area contributed by atoms with Crippen molar-refractivity contribution in [3.05, 3.63) is 53.1 Å². The molecule has 0 saturated heterocycles. The standard InChI is InChI=1S/C8H6Cl5NO.C7H4Cl5NO/c1-3-4(9)6(15-2)5(10)7(14-3)8(11,12)13;1-2-3(8)5(14)4(9)6(13-2)7(10,11)12/h1-2H3;1H3,(H,13,14). The van der Waals surface area contributed by atoms with Crippen LogP contribution in [0.3, 0.4) is 0 Å². The van der Waals surface area contributed by atoms with E-state index in [1.165, 1.54) is 7.11 Å². The van der Waals surface area contributed by atoms with Gasteiger partial charge in [-0.1, -0.05) is 116 Å². The molecule has 0 fully saturated rings. The number of hydrogen-bond donors (Lipinski definition) is 1. The van der Waals surface area contributed by atoms with Gasteiger partial charge in [-0.2, -0.15) is 0 Å². The highest BCUT2D eigenvalue weighted by Gasteiger charge is 2.31. The molecule has 0 amide bonds. The van der Waals surface area contributed by atoms with Crippen molar-refractivity contribution in [2.45, 2.75) is 21.4 Å². The number of ether oxygens (including phenoxy) is 1. The summed E-state index contributed by atoms with van der Waals surface area (Å²) in [5, 5.41) is 0.196. The number of halogens is 10. The highest BCUT2D eigenvalue weighted by Crippen LogP contribution is 2.46. The van der Waals surface area contributed by atoms with Crippen LogP contribution in [-0.4, -0.2) is 17.1 Å². The summed E-state index contributed by atoms with van der Waals surface area (Å²) in [5.74, 6) is 0.257. The van der Waals surface area contributed by atoms with Gasteiger partial charge in [0.15, 0.2) is 5.75 Å². The Morgan fingerprint density at radius 2 is 1.34 bits per heavy atom. The zero-order chi connectivity index (χ0) is 22.9. The quantitative estimate of drug-likeness (QED) is 0.333. The third-order valence-electron chi connectivity index (χ3n) is 3.22. The molecular formula is C15H10Cl10N2O2. The van der Waals surface area contributed by atoms with Gasteiger partial charge in [-0.15, -0.1) is 0 Å². The van der Waals surface area contributed by atoms with E-state index >= 15 is 0 Å². The van der Waals surface area contributed by atoms with Gasteiger partial charge < -0.3 is 9.72 Å². The van der Waals surface area contributed by atoms with Crippen molar-refractivity contribution in [1.82, 2.24) is 9.97 Å². The maximum absolute atomic E-state index is 11.4. The highest BCUT2D eigenvalue weighted by molar-refractivity contribution is 6.67. The Balaban J connectivity index is 0.000000291. The lowest BCUT2D eigenvalue weighted by molar-refractivity contribution is 0.413. The second-order valence-corrected chi connectivity index (χ2v) is 11.4. The van der Waals surface area contributed by atoms with Gasteiger partial charge in [0.25, 0.3) is 0 Å². The van der Waals surface area contributed by atoms with Crippen molar-refractivity contribution in [3.63, 3.8) is 0 Å². The molecular weight excluding hydrogens is 595 g/mol. The summed E-state index contributed by atoms with van der Waals surface area (Å²) in [6.45, 7) is 3.25. The minimum atomic E-state index is -1.77. The fourth-order valence-electron chi connectivity index (χ4n) is 1.87. The Kier molecular flexibility index (Phi) is 10.2. The lowest BCUT2D eigenvalue weighted by Gasteiger charge is -2.16. The van der Waals surface area contributed by atoms with E-state index in [4.69, 9.17) is 121 Å². The van der Waals surface area contributed by atoms with Gasteiger partial charge >= 0.3 is 0 Å². The first kappa shape index (κ1) is 27.8. The second kappa shape index (κ2) is 10.6. The summed E-state index contributed by atoms with van der Waals surface area (Å²) in [6.07, 6.45) is 0. The maximum Gasteiger partial charge on any atom is 0.234 e. The van der Waals surface area contributed by atoms with Gasteiger partial charge in [0.2, 0.25) is 13.0 Å². The topological polar surface area (TPSA) is 55.0 Å². The molecule has 2 aromatic rings. The molecule has 29 heavy (non-hydrogen) atoms. The zero-order valence-electron chi connectivity index (χ0n) is 14.5. The van der Waals surface area contributed by atoms with Gasteiger partial charge in [-0.25, -0.2) is 0 Å². The monoisotopic (exact) mass is 600 g/mol. The van der Waals surface area contributed by atoms with Crippen LogP contribution in [0.4, 0.5) is 0 Å². The SMILES string of the molecule is COc1c(Cl)c(C)nc(C(Cl)(Cl)Cl)c1Cl.Cc1[nH]c(C(Cl)(Cl)Cl)c(Cl)c(=O)c1Cl. The molecule has 4 nitrogen and oxygen atoms in total. The first-order valence-electron chi connectivity index (χ1n) is 7.15. The molecule has 0 aliphatic rings. The van der Waals surface area contributed by atoms with Crippen LogP contribution in [-0.2, 0) is 7.59 Å². The lowest BCUT2D eigenvalue weighted by Crippen LogP contribution is -2.15. The van der Waals surface area contributed by atoms with Gasteiger partial charge in [0.1, 0.15) is 25.8 Å². The number of nitrogens with one attached hydrogen (secondary N) is 1. The molecule has 0 spiro atoms. The summed E-state index contributed by atoms with van der Waals surface area (Å²) in [7, 11) is 1.43. The van der Waals surface area contributed by atoms with Crippen molar-refractivity contribution in [3.8, 4) is 5.75 Å². The number of aryl methyl sites for hydroxylation is 2. The van der Waals surface area contributed by atoms with Crippen molar-refractivity contribution in [2.75, 3.05) is 7.11 Å². The molecule has 2 rings (SSSR count). The van der Waals surface area contributed by atoms with Crippen LogP contribution in [0.1, 0.15) is 22.8 Å². The van der Waals surface area contributed by atoms with Crippen LogP contribution in [0.25, 0.3) is 0 Å². The Morgan fingerprint density at radius 3 is 1.76 bits per heavy atom. The predicted molar refractivity (Wildman–Crippen MR) is 126 cm³/mol. The van der Waals surface area contributed by atoms with Crippen molar-refractivity contribution >= 4 is 116 Å².